The molecule has 1 saturated heterocycles. The minimum absolute atomic E-state index is 0.347. The van der Waals surface area contributed by atoms with Gasteiger partial charge in [-0.25, -0.2) is 4.79 Å². The maximum atomic E-state index is 12.2. The number of anilines is 1. The van der Waals surface area contributed by atoms with E-state index in [0.29, 0.717) is 17.3 Å². The molecule has 0 N–H and O–H groups in total. The highest BCUT2D eigenvalue weighted by Gasteiger charge is 2.19. The number of hydrogen-bond acceptors (Lipinski definition) is 5. The number of piperazine rings is 1. The second kappa shape index (κ2) is 7.05. The summed E-state index contributed by atoms with van der Waals surface area (Å²) in [5, 5.41) is 0.562. The van der Waals surface area contributed by atoms with Gasteiger partial charge in [-0.2, -0.15) is 0 Å². The Morgan fingerprint density at radius 1 is 1.08 bits per heavy atom. The second-order valence-electron chi connectivity index (χ2n) is 6.35. The van der Waals surface area contributed by atoms with Crippen LogP contribution in [-0.4, -0.2) is 42.8 Å². The quantitative estimate of drug-likeness (QED) is 0.703. The fraction of sp³-hybridized carbons (Fsp3) is 0.316. The van der Waals surface area contributed by atoms with Gasteiger partial charge < -0.3 is 14.1 Å². The SMILES string of the molecule is COc1ccc(N2CCN(Cn3c(=O)oc4cc(Cl)ccc43)CC2)cc1. The molecule has 2 aromatic carbocycles. The molecule has 0 unspecified atom stereocenters. The maximum absolute atomic E-state index is 12.2. The molecule has 0 atom stereocenters. The summed E-state index contributed by atoms with van der Waals surface area (Å²) >= 11 is 5.97. The number of methoxy groups -OCH3 is 1. The summed E-state index contributed by atoms with van der Waals surface area (Å²) in [7, 11) is 1.67. The molecule has 4 rings (SSSR count). The largest absolute Gasteiger partial charge is 0.497 e. The van der Waals surface area contributed by atoms with Gasteiger partial charge in [0.25, 0.3) is 0 Å². The molecule has 2 heterocycles. The normalized spacial score (nSPS) is 15.5. The summed E-state index contributed by atoms with van der Waals surface area (Å²) in [5.41, 5.74) is 2.49. The Hall–Kier alpha value is -2.44. The molecule has 0 saturated carbocycles. The highest BCUT2D eigenvalue weighted by atomic mass is 35.5. The average Bonchev–Trinajstić information content (AvgIpc) is 2.97. The number of hydrogen-bond donors (Lipinski definition) is 0. The molecule has 0 spiro atoms. The van der Waals surface area contributed by atoms with E-state index in [-0.39, 0.29) is 5.76 Å². The number of halogens is 1. The number of rotatable bonds is 4. The number of fused-ring (bicyclic) bond motifs is 1. The van der Waals surface area contributed by atoms with Gasteiger partial charge in [0.05, 0.1) is 19.3 Å². The van der Waals surface area contributed by atoms with E-state index in [0.717, 1.165) is 37.4 Å². The van der Waals surface area contributed by atoms with Crippen LogP contribution < -0.4 is 15.4 Å². The molecule has 0 aliphatic carbocycles. The lowest BCUT2D eigenvalue weighted by Gasteiger charge is -2.36. The average molecular weight is 374 g/mol. The van der Waals surface area contributed by atoms with Gasteiger partial charge in [-0.3, -0.25) is 9.47 Å². The van der Waals surface area contributed by atoms with E-state index in [1.54, 1.807) is 23.8 Å². The van der Waals surface area contributed by atoms with Crippen LogP contribution in [0.25, 0.3) is 11.1 Å². The van der Waals surface area contributed by atoms with Gasteiger partial charge in [0, 0.05) is 43.0 Å². The first-order valence-electron chi connectivity index (χ1n) is 8.54. The van der Waals surface area contributed by atoms with Crippen molar-refractivity contribution in [3.8, 4) is 5.75 Å². The van der Waals surface area contributed by atoms with Crippen molar-refractivity contribution in [2.24, 2.45) is 0 Å². The van der Waals surface area contributed by atoms with Crippen LogP contribution in [0.1, 0.15) is 0 Å². The minimum Gasteiger partial charge on any atom is -0.497 e. The molecule has 3 aromatic rings. The lowest BCUT2D eigenvalue weighted by molar-refractivity contribution is 0.202. The fourth-order valence-electron chi connectivity index (χ4n) is 3.31. The van der Waals surface area contributed by atoms with E-state index in [1.165, 1.54) is 5.69 Å². The van der Waals surface area contributed by atoms with Gasteiger partial charge in [-0.15, -0.1) is 0 Å². The molecular weight excluding hydrogens is 354 g/mol. The van der Waals surface area contributed by atoms with E-state index in [4.69, 9.17) is 20.8 Å². The van der Waals surface area contributed by atoms with Crippen molar-refractivity contribution in [1.29, 1.82) is 0 Å². The highest BCUT2D eigenvalue weighted by Crippen LogP contribution is 2.22. The molecule has 1 fully saturated rings. The predicted octanol–water partition coefficient (Wildman–Crippen LogP) is 3.04. The number of nitrogens with zero attached hydrogens (tertiary/aromatic N) is 3. The summed E-state index contributed by atoms with van der Waals surface area (Å²) in [6.45, 7) is 4.08. The van der Waals surface area contributed by atoms with Gasteiger partial charge in [0.2, 0.25) is 0 Å². The van der Waals surface area contributed by atoms with Gasteiger partial charge in [0.15, 0.2) is 5.58 Å². The second-order valence-corrected chi connectivity index (χ2v) is 6.79. The van der Waals surface area contributed by atoms with Gasteiger partial charge in [-0.05, 0) is 36.4 Å². The fourth-order valence-corrected chi connectivity index (χ4v) is 3.48. The van der Waals surface area contributed by atoms with E-state index in [2.05, 4.69) is 21.9 Å². The van der Waals surface area contributed by atoms with E-state index in [9.17, 15) is 4.79 Å². The first kappa shape index (κ1) is 17.0. The first-order chi connectivity index (χ1) is 12.6. The van der Waals surface area contributed by atoms with Gasteiger partial charge in [-0.1, -0.05) is 11.6 Å². The van der Waals surface area contributed by atoms with Crippen LogP contribution in [0.5, 0.6) is 5.75 Å². The lowest BCUT2D eigenvalue weighted by atomic mass is 10.2. The number of aromatic nitrogens is 1. The Kier molecular flexibility index (Phi) is 4.61. The standard InChI is InChI=1S/C19H20ClN3O3/c1-25-16-5-3-15(4-6-16)22-10-8-21(9-11-22)13-23-17-7-2-14(20)12-18(17)26-19(23)24/h2-7,12H,8-11,13H2,1H3. The van der Waals surface area contributed by atoms with E-state index >= 15 is 0 Å². The van der Waals surface area contributed by atoms with Crippen molar-refractivity contribution in [3.63, 3.8) is 0 Å². The van der Waals surface area contributed by atoms with Crippen molar-refractivity contribution in [2.45, 2.75) is 6.67 Å². The topological polar surface area (TPSA) is 50.9 Å². The molecule has 136 valence electrons. The van der Waals surface area contributed by atoms with Crippen molar-refractivity contribution in [1.82, 2.24) is 9.47 Å². The Morgan fingerprint density at radius 3 is 2.50 bits per heavy atom. The lowest BCUT2D eigenvalue weighted by Crippen LogP contribution is -2.47. The summed E-state index contributed by atoms with van der Waals surface area (Å²) in [6.07, 6.45) is 0. The van der Waals surface area contributed by atoms with Gasteiger partial charge >= 0.3 is 5.76 Å². The van der Waals surface area contributed by atoms with Crippen LogP contribution in [0.4, 0.5) is 5.69 Å². The molecular formula is C19H20ClN3O3. The Labute approximate surface area is 156 Å². The Balaban J connectivity index is 1.44. The monoisotopic (exact) mass is 373 g/mol. The first-order valence-corrected chi connectivity index (χ1v) is 8.92. The zero-order valence-corrected chi connectivity index (χ0v) is 15.3. The van der Waals surface area contributed by atoms with Crippen molar-refractivity contribution >= 4 is 28.4 Å². The third-order valence-corrected chi connectivity index (χ3v) is 5.02. The smallest absolute Gasteiger partial charge is 0.421 e. The van der Waals surface area contributed by atoms with Gasteiger partial charge in [0.1, 0.15) is 5.75 Å². The van der Waals surface area contributed by atoms with Crippen LogP contribution in [0.2, 0.25) is 5.02 Å². The van der Waals surface area contributed by atoms with Crippen LogP contribution in [0.15, 0.2) is 51.7 Å². The van der Waals surface area contributed by atoms with Crippen LogP contribution in [-0.2, 0) is 6.67 Å². The summed E-state index contributed by atoms with van der Waals surface area (Å²) < 4.78 is 12.2. The van der Waals surface area contributed by atoms with Crippen molar-refractivity contribution in [3.05, 3.63) is 58.0 Å². The van der Waals surface area contributed by atoms with Crippen molar-refractivity contribution in [2.75, 3.05) is 38.2 Å². The zero-order chi connectivity index (χ0) is 18.1. The van der Waals surface area contributed by atoms with E-state index in [1.807, 2.05) is 18.2 Å². The number of oxazole rings is 1. The predicted molar refractivity (Wildman–Crippen MR) is 102 cm³/mol. The maximum Gasteiger partial charge on any atom is 0.421 e. The molecule has 26 heavy (non-hydrogen) atoms. The minimum atomic E-state index is -0.347. The van der Waals surface area contributed by atoms with E-state index < -0.39 is 0 Å². The van der Waals surface area contributed by atoms with Crippen LogP contribution in [0, 0.1) is 0 Å². The van der Waals surface area contributed by atoms with Crippen LogP contribution in [0.3, 0.4) is 0 Å². The summed E-state index contributed by atoms with van der Waals surface area (Å²) in [5.74, 6) is 0.513. The molecule has 7 heteroatoms. The molecule has 1 aliphatic rings. The Bertz CT molecular complexity index is 956. The summed E-state index contributed by atoms with van der Waals surface area (Å²) in [6, 6.07) is 13.4. The third kappa shape index (κ3) is 3.30. The molecule has 0 bridgehead atoms. The zero-order valence-electron chi connectivity index (χ0n) is 14.5. The Morgan fingerprint density at radius 2 is 1.81 bits per heavy atom. The molecule has 1 aliphatic heterocycles. The molecule has 0 radical (unpaired) electrons. The summed E-state index contributed by atoms with van der Waals surface area (Å²) in [4.78, 5) is 16.8. The number of benzene rings is 2. The number of ether oxygens (including phenoxy) is 1. The molecule has 0 amide bonds. The third-order valence-electron chi connectivity index (χ3n) is 4.78. The highest BCUT2D eigenvalue weighted by molar-refractivity contribution is 6.31. The van der Waals surface area contributed by atoms with Crippen LogP contribution >= 0.6 is 11.6 Å². The van der Waals surface area contributed by atoms with Crippen molar-refractivity contribution < 1.29 is 9.15 Å². The molecule has 6 nitrogen and oxygen atoms in total. The molecule has 1 aromatic heterocycles.